The van der Waals surface area contributed by atoms with Gasteiger partial charge in [-0.15, -0.1) is 0 Å². The number of hydrogen-bond donors (Lipinski definition) is 2. The van der Waals surface area contributed by atoms with Crippen LogP contribution < -0.4 is 10.6 Å². The van der Waals surface area contributed by atoms with Gasteiger partial charge in [-0.3, -0.25) is 4.79 Å². The summed E-state index contributed by atoms with van der Waals surface area (Å²) in [5.74, 6) is 1.22. The average Bonchev–Trinajstić information content (AvgIpc) is 3.10. The van der Waals surface area contributed by atoms with Crippen molar-refractivity contribution in [2.75, 3.05) is 39.9 Å². The first-order chi connectivity index (χ1) is 11.7. The fourth-order valence-corrected chi connectivity index (χ4v) is 2.67. The van der Waals surface area contributed by atoms with Gasteiger partial charge in [0.05, 0.1) is 6.61 Å². The molecular weight excluding hydrogens is 304 g/mol. The minimum Gasteiger partial charge on any atom is -0.381 e. The molecule has 0 spiro atoms. The van der Waals surface area contributed by atoms with Gasteiger partial charge in [-0.25, -0.2) is 4.99 Å². The van der Waals surface area contributed by atoms with E-state index in [1.807, 2.05) is 44.3 Å². The lowest BCUT2D eigenvalue weighted by molar-refractivity contribution is -0.119. The van der Waals surface area contributed by atoms with E-state index in [9.17, 15) is 4.79 Å². The van der Waals surface area contributed by atoms with Crippen LogP contribution >= 0.6 is 0 Å². The van der Waals surface area contributed by atoms with Crippen LogP contribution in [0.25, 0.3) is 0 Å². The van der Waals surface area contributed by atoms with Gasteiger partial charge in [-0.1, -0.05) is 30.3 Å². The molecule has 1 aromatic rings. The fraction of sp³-hybridized carbons (Fsp3) is 0.556. The van der Waals surface area contributed by atoms with Gasteiger partial charge in [0.25, 0.3) is 0 Å². The largest absolute Gasteiger partial charge is 0.381 e. The summed E-state index contributed by atoms with van der Waals surface area (Å²) in [5, 5.41) is 6.14. The molecule has 6 heteroatoms. The highest BCUT2D eigenvalue weighted by molar-refractivity contribution is 5.84. The molecule has 1 unspecified atom stereocenters. The summed E-state index contributed by atoms with van der Waals surface area (Å²) in [6, 6.07) is 9.87. The van der Waals surface area contributed by atoms with Gasteiger partial charge in [0.2, 0.25) is 5.91 Å². The third-order valence-electron chi connectivity index (χ3n) is 3.96. The highest BCUT2D eigenvalue weighted by Crippen LogP contribution is 2.13. The molecule has 1 saturated heterocycles. The quantitative estimate of drug-likeness (QED) is 0.582. The fourth-order valence-electron chi connectivity index (χ4n) is 2.67. The predicted octanol–water partition coefficient (Wildman–Crippen LogP) is 1.24. The number of carbonyl (C=O) groups excluding carboxylic acids is 1. The normalized spacial score (nSPS) is 17.6. The number of hydrogen-bond acceptors (Lipinski definition) is 3. The van der Waals surface area contributed by atoms with Crippen molar-refractivity contribution in [1.82, 2.24) is 15.5 Å². The third-order valence-corrected chi connectivity index (χ3v) is 3.96. The van der Waals surface area contributed by atoms with Crippen LogP contribution in [0.2, 0.25) is 0 Å². The molecule has 1 heterocycles. The Hall–Kier alpha value is -2.08. The van der Waals surface area contributed by atoms with E-state index in [0.29, 0.717) is 12.5 Å². The topological polar surface area (TPSA) is 66.0 Å². The molecule has 0 saturated carbocycles. The van der Waals surface area contributed by atoms with Gasteiger partial charge < -0.3 is 20.3 Å². The molecule has 1 fully saturated rings. The monoisotopic (exact) mass is 332 g/mol. The SMILES string of the molecule is CCNC(=NCC(=O)NCc1ccccc1)N(C)CC1CCOC1. The van der Waals surface area contributed by atoms with Crippen LogP contribution in [0.15, 0.2) is 35.3 Å². The second-order valence-corrected chi connectivity index (χ2v) is 6.04. The molecule has 24 heavy (non-hydrogen) atoms. The maximum absolute atomic E-state index is 12.0. The third kappa shape index (κ3) is 6.20. The molecule has 1 aliphatic heterocycles. The van der Waals surface area contributed by atoms with E-state index < -0.39 is 0 Å². The van der Waals surface area contributed by atoms with E-state index in [-0.39, 0.29) is 12.5 Å². The van der Waals surface area contributed by atoms with Crippen molar-refractivity contribution < 1.29 is 9.53 Å². The summed E-state index contributed by atoms with van der Waals surface area (Å²) < 4.78 is 5.42. The molecular formula is C18H28N4O2. The Balaban J connectivity index is 1.81. The molecule has 1 aromatic carbocycles. The predicted molar refractivity (Wildman–Crippen MR) is 95.8 cm³/mol. The highest BCUT2D eigenvalue weighted by Gasteiger charge is 2.19. The minimum atomic E-state index is -0.0770. The first-order valence-corrected chi connectivity index (χ1v) is 8.57. The van der Waals surface area contributed by atoms with Crippen molar-refractivity contribution in [3.63, 3.8) is 0 Å². The Morgan fingerprint density at radius 1 is 1.33 bits per heavy atom. The number of aliphatic imine (C=N–C) groups is 1. The molecule has 2 rings (SSSR count). The highest BCUT2D eigenvalue weighted by atomic mass is 16.5. The molecule has 0 radical (unpaired) electrons. The number of benzene rings is 1. The van der Waals surface area contributed by atoms with E-state index in [2.05, 4.69) is 20.5 Å². The summed E-state index contributed by atoms with van der Waals surface area (Å²) in [4.78, 5) is 18.5. The Labute approximate surface area is 144 Å². The molecule has 0 aliphatic carbocycles. The number of amides is 1. The number of nitrogens with zero attached hydrogens (tertiary/aromatic N) is 2. The van der Waals surface area contributed by atoms with E-state index in [4.69, 9.17) is 4.74 Å². The maximum atomic E-state index is 12.0. The zero-order valence-electron chi connectivity index (χ0n) is 14.6. The van der Waals surface area contributed by atoms with Crippen LogP contribution in [0.5, 0.6) is 0 Å². The number of guanidine groups is 1. The minimum absolute atomic E-state index is 0.0770. The zero-order valence-corrected chi connectivity index (χ0v) is 14.6. The van der Waals surface area contributed by atoms with Crippen LogP contribution in [0, 0.1) is 5.92 Å². The average molecular weight is 332 g/mol. The van der Waals surface area contributed by atoms with Crippen molar-refractivity contribution in [2.45, 2.75) is 19.9 Å². The summed E-state index contributed by atoms with van der Waals surface area (Å²) in [7, 11) is 2.00. The lowest BCUT2D eigenvalue weighted by atomic mass is 10.1. The smallest absolute Gasteiger partial charge is 0.242 e. The first-order valence-electron chi connectivity index (χ1n) is 8.57. The molecule has 132 valence electrons. The second kappa shape index (κ2) is 9.93. The van der Waals surface area contributed by atoms with E-state index in [1.165, 1.54) is 0 Å². The lowest BCUT2D eigenvalue weighted by Gasteiger charge is -2.24. The number of nitrogens with one attached hydrogen (secondary N) is 2. The lowest BCUT2D eigenvalue weighted by Crippen LogP contribution is -2.42. The molecule has 1 aliphatic rings. The Morgan fingerprint density at radius 3 is 2.79 bits per heavy atom. The van der Waals surface area contributed by atoms with E-state index in [1.54, 1.807) is 0 Å². The van der Waals surface area contributed by atoms with Crippen LogP contribution in [0.1, 0.15) is 18.9 Å². The van der Waals surface area contributed by atoms with Gasteiger partial charge in [0.1, 0.15) is 6.54 Å². The Morgan fingerprint density at radius 2 is 2.12 bits per heavy atom. The van der Waals surface area contributed by atoms with Gasteiger partial charge >= 0.3 is 0 Å². The number of rotatable bonds is 7. The van der Waals surface area contributed by atoms with Crippen molar-refractivity contribution >= 4 is 11.9 Å². The maximum Gasteiger partial charge on any atom is 0.242 e. The van der Waals surface area contributed by atoms with Gasteiger partial charge in [0.15, 0.2) is 5.96 Å². The first kappa shape index (κ1) is 18.3. The van der Waals surface area contributed by atoms with Gasteiger partial charge in [-0.2, -0.15) is 0 Å². The molecule has 6 nitrogen and oxygen atoms in total. The summed E-state index contributed by atoms with van der Waals surface area (Å²) in [6.45, 7) is 5.99. The van der Waals surface area contributed by atoms with Gasteiger partial charge in [-0.05, 0) is 18.9 Å². The standard InChI is InChI=1S/C18H28N4O2/c1-3-19-18(22(2)13-16-9-10-24-14-16)21-12-17(23)20-11-15-7-5-4-6-8-15/h4-8,16H,3,9-14H2,1-2H3,(H,19,21)(H,20,23). The van der Waals surface area contributed by atoms with Crippen LogP contribution in [-0.4, -0.2) is 56.7 Å². The number of carbonyl (C=O) groups is 1. The summed E-state index contributed by atoms with van der Waals surface area (Å²) >= 11 is 0. The van der Waals surface area contributed by atoms with Gasteiger partial charge in [0, 0.05) is 39.2 Å². The second-order valence-electron chi connectivity index (χ2n) is 6.04. The summed E-state index contributed by atoms with van der Waals surface area (Å²) in [6.07, 6.45) is 1.08. The Kier molecular flexibility index (Phi) is 7.55. The van der Waals surface area contributed by atoms with Crippen molar-refractivity contribution in [3.8, 4) is 0 Å². The van der Waals surface area contributed by atoms with Crippen molar-refractivity contribution in [3.05, 3.63) is 35.9 Å². The molecule has 1 amide bonds. The van der Waals surface area contributed by atoms with Crippen LogP contribution in [0.4, 0.5) is 0 Å². The molecule has 2 N–H and O–H groups in total. The van der Waals surface area contributed by atoms with Crippen LogP contribution in [-0.2, 0) is 16.1 Å². The molecule has 1 atom stereocenters. The van der Waals surface area contributed by atoms with E-state index >= 15 is 0 Å². The summed E-state index contributed by atoms with van der Waals surface area (Å²) in [5.41, 5.74) is 1.08. The zero-order chi connectivity index (χ0) is 17.2. The number of ether oxygens (including phenoxy) is 1. The Bertz CT molecular complexity index is 527. The molecule has 0 aromatic heterocycles. The molecule has 0 bridgehead atoms. The van der Waals surface area contributed by atoms with Crippen molar-refractivity contribution in [1.29, 1.82) is 0 Å². The van der Waals surface area contributed by atoms with E-state index in [0.717, 1.165) is 44.2 Å². The van der Waals surface area contributed by atoms with Crippen molar-refractivity contribution in [2.24, 2.45) is 10.9 Å². The van der Waals surface area contributed by atoms with Crippen LogP contribution in [0.3, 0.4) is 0 Å².